The van der Waals surface area contributed by atoms with Gasteiger partial charge in [-0.25, -0.2) is 4.57 Å². The minimum Gasteiger partial charge on any atom is -0.301 e. The molecular weight excluding hydrogens is 325 g/mol. The third-order valence-corrected chi connectivity index (χ3v) is 4.93. The summed E-state index contributed by atoms with van der Waals surface area (Å²) in [5.41, 5.74) is 2.56. The number of hydrogen-bond acceptors (Lipinski definition) is 4. The van der Waals surface area contributed by atoms with E-state index in [0.717, 1.165) is 25.7 Å². The van der Waals surface area contributed by atoms with E-state index in [-0.39, 0.29) is 6.61 Å². The Kier molecular flexibility index (Phi) is 17.9. The number of nitrogens with one attached hydrogen (secondary N) is 1. The summed E-state index contributed by atoms with van der Waals surface area (Å²) in [5.74, 6) is 0. The molecule has 6 heteroatoms. The van der Waals surface area contributed by atoms with Crippen molar-refractivity contribution in [2.24, 2.45) is 0 Å². The van der Waals surface area contributed by atoms with E-state index in [1.165, 1.54) is 64.2 Å². The fourth-order valence-electron chi connectivity index (χ4n) is 2.55. The van der Waals surface area contributed by atoms with Gasteiger partial charge < -0.3 is 4.89 Å². The van der Waals surface area contributed by atoms with E-state index < -0.39 is 7.82 Å². The minimum atomic E-state index is -3.94. The molecule has 0 aliphatic heterocycles. The van der Waals surface area contributed by atoms with Gasteiger partial charge in [-0.05, 0) is 12.8 Å². The van der Waals surface area contributed by atoms with Gasteiger partial charge in [0.15, 0.2) is 0 Å². The van der Waals surface area contributed by atoms with Crippen molar-refractivity contribution >= 4 is 7.82 Å². The lowest BCUT2D eigenvalue weighted by Gasteiger charge is -2.12. The van der Waals surface area contributed by atoms with Gasteiger partial charge in [-0.3, -0.25) is 4.52 Å². The molecule has 0 aromatic heterocycles. The van der Waals surface area contributed by atoms with E-state index in [1.54, 1.807) is 0 Å². The lowest BCUT2D eigenvalue weighted by atomic mass is 10.1. The van der Waals surface area contributed by atoms with E-state index >= 15 is 0 Å². The van der Waals surface area contributed by atoms with Crippen molar-refractivity contribution in [2.45, 2.75) is 104 Å². The molecule has 0 saturated carbocycles. The molecule has 0 radical (unpaired) electrons. The first-order chi connectivity index (χ1) is 11.6. The number of rotatable bonds is 19. The van der Waals surface area contributed by atoms with Crippen LogP contribution in [0, 0.1) is 0 Å². The maximum absolute atomic E-state index is 11.6. The third kappa shape index (κ3) is 18.4. The van der Waals surface area contributed by atoms with Crippen LogP contribution in [-0.2, 0) is 13.7 Å². The Balaban J connectivity index is 3.34. The molecule has 0 aliphatic rings. The SMILES string of the molecule is CCCCCCCCCCOP(=O)(O)ONCCCCCCCC. The van der Waals surface area contributed by atoms with Gasteiger partial charge in [0, 0.05) is 6.54 Å². The largest absolute Gasteiger partial charge is 0.488 e. The molecule has 0 aromatic carbocycles. The average molecular weight is 365 g/mol. The predicted molar refractivity (Wildman–Crippen MR) is 101 cm³/mol. The number of unbranched alkanes of at least 4 members (excludes halogenated alkanes) is 12. The summed E-state index contributed by atoms with van der Waals surface area (Å²) in [4.78, 5) is 9.54. The normalized spacial score (nSPS) is 14.0. The fourth-order valence-corrected chi connectivity index (χ4v) is 3.21. The summed E-state index contributed by atoms with van der Waals surface area (Å²) in [6.07, 6.45) is 16.5. The smallest absolute Gasteiger partial charge is 0.301 e. The van der Waals surface area contributed by atoms with Crippen LogP contribution in [-0.4, -0.2) is 18.0 Å². The van der Waals surface area contributed by atoms with Gasteiger partial charge in [0.1, 0.15) is 0 Å². The fraction of sp³-hybridized carbons (Fsp3) is 1.00. The highest BCUT2D eigenvalue weighted by Gasteiger charge is 2.20. The molecule has 0 saturated heterocycles. The topological polar surface area (TPSA) is 67.8 Å². The zero-order chi connectivity index (χ0) is 17.9. The first-order valence-corrected chi connectivity index (χ1v) is 11.5. The van der Waals surface area contributed by atoms with Crippen molar-refractivity contribution in [3.05, 3.63) is 0 Å². The standard InChI is InChI=1S/C18H40NO4P/c1-3-5-7-9-11-12-14-16-18-22-24(20,21)23-19-17-15-13-10-8-6-4-2/h19H,3-18H2,1-2H3,(H,20,21). The Hall–Kier alpha value is 0.0700. The molecule has 1 atom stereocenters. The lowest BCUT2D eigenvalue weighted by molar-refractivity contribution is 0.0947. The molecule has 0 rings (SSSR count). The summed E-state index contributed by atoms with van der Waals surface area (Å²) < 4.78 is 21.4. The zero-order valence-corrected chi connectivity index (χ0v) is 16.8. The van der Waals surface area contributed by atoms with Gasteiger partial charge in [0.25, 0.3) is 0 Å². The summed E-state index contributed by atoms with van der Waals surface area (Å²) in [6, 6.07) is 0. The van der Waals surface area contributed by atoms with Crippen LogP contribution in [0.3, 0.4) is 0 Å². The molecule has 5 nitrogen and oxygen atoms in total. The molecule has 2 N–H and O–H groups in total. The molecule has 0 bridgehead atoms. The maximum Gasteiger partial charge on any atom is 0.488 e. The Bertz CT molecular complexity index is 303. The Morgan fingerprint density at radius 3 is 1.75 bits per heavy atom. The summed E-state index contributed by atoms with van der Waals surface area (Å²) >= 11 is 0. The molecule has 0 heterocycles. The quantitative estimate of drug-likeness (QED) is 0.164. The van der Waals surface area contributed by atoms with E-state index in [4.69, 9.17) is 9.15 Å². The monoisotopic (exact) mass is 365 g/mol. The second-order valence-corrected chi connectivity index (χ2v) is 7.91. The molecule has 1 unspecified atom stereocenters. The molecule has 0 aromatic rings. The highest BCUT2D eigenvalue weighted by Crippen LogP contribution is 2.41. The van der Waals surface area contributed by atoms with Crippen LogP contribution >= 0.6 is 7.82 Å². The Labute approximate surface area is 149 Å². The molecule has 0 spiro atoms. The Morgan fingerprint density at radius 2 is 1.21 bits per heavy atom. The van der Waals surface area contributed by atoms with Crippen molar-refractivity contribution in [2.75, 3.05) is 13.2 Å². The molecule has 0 fully saturated rings. The predicted octanol–water partition coefficient (Wildman–Crippen LogP) is 6.13. The van der Waals surface area contributed by atoms with Gasteiger partial charge in [0.05, 0.1) is 6.61 Å². The zero-order valence-electron chi connectivity index (χ0n) is 15.9. The van der Waals surface area contributed by atoms with E-state index in [1.807, 2.05) is 0 Å². The second-order valence-electron chi connectivity index (χ2n) is 6.53. The molecule has 146 valence electrons. The van der Waals surface area contributed by atoms with Crippen molar-refractivity contribution in [1.82, 2.24) is 5.48 Å². The highest BCUT2D eigenvalue weighted by molar-refractivity contribution is 7.47. The Morgan fingerprint density at radius 1 is 0.750 bits per heavy atom. The number of phosphoric ester groups is 1. The first-order valence-electron chi connectivity index (χ1n) is 10.0. The van der Waals surface area contributed by atoms with Crippen molar-refractivity contribution in [1.29, 1.82) is 0 Å². The first kappa shape index (κ1) is 24.1. The van der Waals surface area contributed by atoms with E-state index in [9.17, 15) is 9.46 Å². The van der Waals surface area contributed by atoms with Crippen molar-refractivity contribution in [3.8, 4) is 0 Å². The minimum absolute atomic E-state index is 0.279. The van der Waals surface area contributed by atoms with Crippen LogP contribution in [0.15, 0.2) is 0 Å². The van der Waals surface area contributed by atoms with E-state index in [2.05, 4.69) is 19.3 Å². The van der Waals surface area contributed by atoms with Crippen LogP contribution in [0.25, 0.3) is 0 Å². The van der Waals surface area contributed by atoms with Crippen molar-refractivity contribution in [3.63, 3.8) is 0 Å². The summed E-state index contributed by atoms with van der Waals surface area (Å²) in [7, 11) is -3.94. The third-order valence-electron chi connectivity index (χ3n) is 4.06. The van der Waals surface area contributed by atoms with Crippen LogP contribution in [0.1, 0.15) is 104 Å². The molecule has 24 heavy (non-hydrogen) atoms. The second kappa shape index (κ2) is 17.9. The maximum atomic E-state index is 11.6. The summed E-state index contributed by atoms with van der Waals surface area (Å²) in [5, 5.41) is 0. The number of hydrogen-bond donors (Lipinski definition) is 2. The van der Waals surface area contributed by atoms with Crippen LogP contribution < -0.4 is 5.48 Å². The molecular formula is C18H40NO4P. The van der Waals surface area contributed by atoms with Gasteiger partial charge in [0.2, 0.25) is 0 Å². The van der Waals surface area contributed by atoms with E-state index in [0.29, 0.717) is 6.54 Å². The average Bonchev–Trinajstić information content (AvgIpc) is 2.55. The number of hydroxylamine groups is 1. The van der Waals surface area contributed by atoms with Crippen molar-refractivity contribution < 1.29 is 18.6 Å². The molecule has 0 aliphatic carbocycles. The summed E-state index contributed by atoms with van der Waals surface area (Å²) in [6.45, 7) is 5.27. The lowest BCUT2D eigenvalue weighted by Crippen LogP contribution is -2.15. The van der Waals surface area contributed by atoms with Gasteiger partial charge in [-0.2, -0.15) is 10.1 Å². The van der Waals surface area contributed by atoms with Crippen LogP contribution in [0.5, 0.6) is 0 Å². The van der Waals surface area contributed by atoms with Gasteiger partial charge >= 0.3 is 7.82 Å². The molecule has 0 amide bonds. The van der Waals surface area contributed by atoms with Crippen LogP contribution in [0.2, 0.25) is 0 Å². The number of phosphoric acid groups is 1. The van der Waals surface area contributed by atoms with Gasteiger partial charge in [-0.1, -0.05) is 90.9 Å². The van der Waals surface area contributed by atoms with Crippen LogP contribution in [0.4, 0.5) is 0 Å². The van der Waals surface area contributed by atoms with Gasteiger partial charge in [-0.15, -0.1) is 0 Å². The highest BCUT2D eigenvalue weighted by atomic mass is 31.2.